The Labute approximate surface area is 109 Å². The van der Waals surface area contributed by atoms with Crippen LogP contribution < -0.4 is 10.2 Å². The molecule has 0 atom stereocenters. The molecule has 0 saturated carbocycles. The van der Waals surface area contributed by atoms with Crippen LogP contribution in [0.4, 0.5) is 0 Å². The quantitative estimate of drug-likeness (QED) is 0.722. The average molecular weight is 232 g/mol. The Morgan fingerprint density at radius 1 is 1.00 bits per heavy atom. The van der Waals surface area contributed by atoms with Gasteiger partial charge in [-0.05, 0) is 48.2 Å². The number of ether oxygens (including phenoxy) is 1. The molecule has 1 aliphatic carbocycles. The Hall–Kier alpha value is -1.96. The summed E-state index contributed by atoms with van der Waals surface area (Å²) in [5.74, 6) is 1.63. The van der Waals surface area contributed by atoms with Crippen molar-refractivity contribution >= 4 is 19.4 Å². The standard InChI is InChI=1S/C16H13BO/c17-16-11-14(18-13-7-2-1-3-8-13)10-12-6-4-5-9-15(12)16/h1-4,6-8,10-11H,5,9H2. The zero-order chi connectivity index (χ0) is 12.4. The van der Waals surface area contributed by atoms with E-state index in [2.05, 4.69) is 12.2 Å². The van der Waals surface area contributed by atoms with Gasteiger partial charge in [-0.15, -0.1) is 0 Å². The first-order valence-electron chi connectivity index (χ1n) is 6.15. The Morgan fingerprint density at radius 3 is 2.67 bits per heavy atom. The summed E-state index contributed by atoms with van der Waals surface area (Å²) in [6, 6.07) is 13.7. The molecule has 0 spiro atoms. The fraction of sp³-hybridized carbons (Fsp3) is 0.125. The van der Waals surface area contributed by atoms with Gasteiger partial charge >= 0.3 is 0 Å². The van der Waals surface area contributed by atoms with Gasteiger partial charge in [0.15, 0.2) is 0 Å². The molecule has 86 valence electrons. The molecule has 0 unspecified atom stereocenters. The van der Waals surface area contributed by atoms with Crippen LogP contribution in [0.25, 0.3) is 6.08 Å². The van der Waals surface area contributed by atoms with Gasteiger partial charge in [0, 0.05) is 0 Å². The summed E-state index contributed by atoms with van der Waals surface area (Å²) >= 11 is 0. The van der Waals surface area contributed by atoms with Crippen LogP contribution in [-0.2, 0) is 6.42 Å². The lowest BCUT2D eigenvalue weighted by molar-refractivity contribution is 0.483. The van der Waals surface area contributed by atoms with Crippen molar-refractivity contribution < 1.29 is 4.74 Å². The van der Waals surface area contributed by atoms with E-state index in [0.29, 0.717) is 0 Å². The number of hydrogen-bond donors (Lipinski definition) is 0. The number of fused-ring (bicyclic) bond motifs is 1. The smallest absolute Gasteiger partial charge is 0.127 e. The molecule has 2 aromatic carbocycles. The van der Waals surface area contributed by atoms with Gasteiger partial charge in [-0.25, -0.2) is 0 Å². The largest absolute Gasteiger partial charge is 0.457 e. The predicted octanol–water partition coefficient (Wildman–Crippen LogP) is 3.23. The summed E-state index contributed by atoms with van der Waals surface area (Å²) in [6.07, 6.45) is 6.38. The summed E-state index contributed by atoms with van der Waals surface area (Å²) in [4.78, 5) is 0. The third kappa shape index (κ3) is 2.19. The average Bonchev–Trinajstić information content (AvgIpc) is 2.40. The molecule has 0 saturated heterocycles. The van der Waals surface area contributed by atoms with Crippen LogP contribution >= 0.6 is 0 Å². The molecule has 2 heteroatoms. The number of para-hydroxylation sites is 1. The molecule has 0 amide bonds. The van der Waals surface area contributed by atoms with Crippen molar-refractivity contribution in [3.05, 3.63) is 59.7 Å². The molecule has 1 aliphatic rings. The van der Waals surface area contributed by atoms with Gasteiger partial charge < -0.3 is 4.74 Å². The normalized spacial score (nSPS) is 13.1. The molecular weight excluding hydrogens is 219 g/mol. The Kier molecular flexibility index (Phi) is 2.93. The molecule has 0 aromatic heterocycles. The fourth-order valence-corrected chi connectivity index (χ4v) is 2.25. The maximum atomic E-state index is 6.08. The van der Waals surface area contributed by atoms with Crippen LogP contribution in [0.3, 0.4) is 0 Å². The number of allylic oxidation sites excluding steroid dienone is 1. The predicted molar refractivity (Wildman–Crippen MR) is 75.7 cm³/mol. The topological polar surface area (TPSA) is 9.23 Å². The second kappa shape index (κ2) is 4.73. The fourth-order valence-electron chi connectivity index (χ4n) is 2.25. The van der Waals surface area contributed by atoms with Crippen LogP contribution in [0.15, 0.2) is 48.5 Å². The molecule has 18 heavy (non-hydrogen) atoms. The first kappa shape index (κ1) is 11.2. The van der Waals surface area contributed by atoms with Crippen molar-refractivity contribution in [2.45, 2.75) is 12.8 Å². The molecule has 2 radical (unpaired) electrons. The highest BCUT2D eigenvalue weighted by atomic mass is 16.5. The maximum absolute atomic E-state index is 6.08. The van der Waals surface area contributed by atoms with Crippen LogP contribution in [0, 0.1) is 0 Å². The number of rotatable bonds is 2. The van der Waals surface area contributed by atoms with Crippen molar-refractivity contribution in [2.75, 3.05) is 0 Å². The summed E-state index contributed by atoms with van der Waals surface area (Å²) < 4.78 is 5.81. The second-order valence-electron chi connectivity index (χ2n) is 4.44. The van der Waals surface area contributed by atoms with E-state index in [1.807, 2.05) is 42.5 Å². The van der Waals surface area contributed by atoms with E-state index >= 15 is 0 Å². The van der Waals surface area contributed by atoms with Gasteiger partial charge in [0.2, 0.25) is 0 Å². The number of hydrogen-bond acceptors (Lipinski definition) is 1. The summed E-state index contributed by atoms with van der Waals surface area (Å²) in [6.45, 7) is 0. The lowest BCUT2D eigenvalue weighted by Crippen LogP contribution is -2.14. The molecule has 0 heterocycles. The second-order valence-corrected chi connectivity index (χ2v) is 4.44. The lowest BCUT2D eigenvalue weighted by atomic mass is 9.83. The zero-order valence-electron chi connectivity index (χ0n) is 10.1. The highest BCUT2D eigenvalue weighted by Crippen LogP contribution is 2.25. The molecule has 1 nitrogen and oxygen atoms in total. The van der Waals surface area contributed by atoms with E-state index in [-0.39, 0.29) is 0 Å². The van der Waals surface area contributed by atoms with E-state index in [0.717, 1.165) is 29.8 Å². The van der Waals surface area contributed by atoms with Crippen molar-refractivity contribution in [1.29, 1.82) is 0 Å². The van der Waals surface area contributed by atoms with Crippen molar-refractivity contribution in [1.82, 2.24) is 0 Å². The van der Waals surface area contributed by atoms with Gasteiger partial charge in [-0.2, -0.15) is 0 Å². The van der Waals surface area contributed by atoms with E-state index in [4.69, 9.17) is 12.6 Å². The first-order valence-corrected chi connectivity index (χ1v) is 6.15. The first-order chi connectivity index (χ1) is 8.83. The summed E-state index contributed by atoms with van der Waals surface area (Å²) in [7, 11) is 6.08. The molecular formula is C16H13BO. The van der Waals surface area contributed by atoms with Gasteiger partial charge in [0.25, 0.3) is 0 Å². The molecule has 0 fully saturated rings. The van der Waals surface area contributed by atoms with Crippen LogP contribution in [0.1, 0.15) is 17.5 Å². The highest BCUT2D eigenvalue weighted by molar-refractivity contribution is 6.33. The minimum Gasteiger partial charge on any atom is -0.457 e. The minimum absolute atomic E-state index is 0.795. The third-order valence-corrected chi connectivity index (χ3v) is 3.13. The molecule has 3 rings (SSSR count). The van der Waals surface area contributed by atoms with Crippen molar-refractivity contribution in [2.24, 2.45) is 0 Å². The Balaban J connectivity index is 1.95. The lowest BCUT2D eigenvalue weighted by Gasteiger charge is -2.16. The zero-order valence-corrected chi connectivity index (χ0v) is 10.1. The van der Waals surface area contributed by atoms with Gasteiger partial charge in [0.1, 0.15) is 19.3 Å². The SMILES string of the molecule is [B]c1cc(Oc2ccccc2)cc2c1CCC=C2. The van der Waals surface area contributed by atoms with Crippen molar-refractivity contribution in [3.63, 3.8) is 0 Å². The van der Waals surface area contributed by atoms with E-state index in [9.17, 15) is 0 Å². The van der Waals surface area contributed by atoms with Gasteiger partial charge in [-0.1, -0.05) is 35.8 Å². The number of benzene rings is 2. The third-order valence-electron chi connectivity index (χ3n) is 3.13. The Bertz CT molecular complexity index is 588. The summed E-state index contributed by atoms with van der Waals surface area (Å²) in [5.41, 5.74) is 3.23. The maximum Gasteiger partial charge on any atom is 0.127 e. The monoisotopic (exact) mass is 232 g/mol. The van der Waals surface area contributed by atoms with Crippen LogP contribution in [0.2, 0.25) is 0 Å². The summed E-state index contributed by atoms with van der Waals surface area (Å²) in [5, 5.41) is 0. The minimum atomic E-state index is 0.795. The van der Waals surface area contributed by atoms with Crippen LogP contribution in [-0.4, -0.2) is 7.85 Å². The van der Waals surface area contributed by atoms with Crippen molar-refractivity contribution in [3.8, 4) is 11.5 Å². The van der Waals surface area contributed by atoms with E-state index in [1.165, 1.54) is 11.1 Å². The van der Waals surface area contributed by atoms with Gasteiger partial charge in [0.05, 0.1) is 0 Å². The van der Waals surface area contributed by atoms with Crippen LogP contribution in [0.5, 0.6) is 11.5 Å². The van der Waals surface area contributed by atoms with Gasteiger partial charge in [-0.3, -0.25) is 0 Å². The molecule has 0 bridgehead atoms. The Morgan fingerprint density at radius 2 is 1.83 bits per heavy atom. The highest BCUT2D eigenvalue weighted by Gasteiger charge is 2.09. The molecule has 0 aliphatic heterocycles. The molecule has 0 N–H and O–H groups in total. The van der Waals surface area contributed by atoms with E-state index < -0.39 is 0 Å². The molecule has 2 aromatic rings. The van der Waals surface area contributed by atoms with E-state index in [1.54, 1.807) is 0 Å².